The van der Waals surface area contributed by atoms with Crippen LogP contribution in [0.2, 0.25) is 0 Å². The molecule has 0 bridgehead atoms. The van der Waals surface area contributed by atoms with Crippen molar-refractivity contribution < 1.29 is 39.5 Å². The third-order valence-corrected chi connectivity index (χ3v) is 10.8. The van der Waals surface area contributed by atoms with E-state index in [4.69, 9.17) is 0 Å². The smallest absolute Gasteiger partial charge is 0.295 e. The normalized spacial score (nSPS) is 12.9. The van der Waals surface area contributed by atoms with Crippen LogP contribution >= 0.6 is 21.0 Å². The lowest BCUT2D eigenvalue weighted by molar-refractivity contribution is 0.467. The Labute approximate surface area is 222 Å². The quantitative estimate of drug-likeness (QED) is 0.162. The minimum Gasteiger partial charge on any atom is -0.506 e. The van der Waals surface area contributed by atoms with E-state index in [2.05, 4.69) is 7.87 Å². The van der Waals surface area contributed by atoms with Gasteiger partial charge in [0.25, 0.3) is 30.3 Å². The molecule has 0 heterocycles. The molecule has 0 atom stereocenters. The summed E-state index contributed by atoms with van der Waals surface area (Å²) in [6, 6.07) is 18.0. The summed E-state index contributed by atoms with van der Waals surface area (Å²) in [6.07, 6.45) is 0. The molecule has 0 amide bonds. The van der Waals surface area contributed by atoms with Crippen molar-refractivity contribution in [2.45, 2.75) is 14.7 Å². The van der Waals surface area contributed by atoms with Crippen LogP contribution in [0.1, 0.15) is 0 Å². The predicted octanol–water partition coefficient (Wildman–Crippen LogP) is 4.50. The molecule has 0 saturated heterocycles. The lowest BCUT2D eigenvalue weighted by Crippen LogP contribution is -2.14. The number of hydrogen-bond acceptors (Lipinski definition) is 8. The van der Waals surface area contributed by atoms with Crippen molar-refractivity contribution in [2.24, 2.45) is 3.15 Å². The van der Waals surface area contributed by atoms with Gasteiger partial charge in [-0.05, 0) is 47.9 Å². The summed E-state index contributed by atoms with van der Waals surface area (Å²) in [6.45, 7) is 0. The maximum absolute atomic E-state index is 13.0. The van der Waals surface area contributed by atoms with Gasteiger partial charge in [0.2, 0.25) is 0 Å². The van der Waals surface area contributed by atoms with E-state index in [1.165, 1.54) is 24.3 Å². The van der Waals surface area contributed by atoms with Gasteiger partial charge in [-0.1, -0.05) is 36.4 Å². The van der Waals surface area contributed by atoms with Crippen LogP contribution in [0, 0.1) is 3.57 Å². The number of aromatic hydroxyl groups is 1. The Kier molecular flexibility index (Phi) is 7.37. The number of sulfonamides is 1. The Morgan fingerprint density at radius 2 is 1.32 bits per heavy atom. The summed E-state index contributed by atoms with van der Waals surface area (Å²) < 4.78 is 99.9. The molecular weight excluding hydrogens is 659 g/mol. The fourth-order valence-electron chi connectivity index (χ4n) is 3.32. The highest BCUT2D eigenvalue weighted by Gasteiger charge is 2.26. The number of nitrogens with zero attached hydrogens (tertiary/aromatic N) is 1. The first-order chi connectivity index (χ1) is 17.3. The minimum atomic E-state index is -4.93. The predicted molar refractivity (Wildman–Crippen MR) is 144 cm³/mol. The van der Waals surface area contributed by atoms with Crippen LogP contribution in [0.25, 0.3) is 10.8 Å². The van der Waals surface area contributed by atoms with Crippen molar-refractivity contribution in [2.75, 3.05) is 4.72 Å². The van der Waals surface area contributed by atoms with Crippen LogP contribution in [-0.2, 0) is 30.3 Å². The maximum atomic E-state index is 13.0. The zero-order valence-corrected chi connectivity index (χ0v) is 23.0. The molecule has 0 spiro atoms. The van der Waals surface area contributed by atoms with Gasteiger partial charge < -0.3 is 5.11 Å². The van der Waals surface area contributed by atoms with Crippen molar-refractivity contribution in [3.05, 3.63) is 82.4 Å². The monoisotopic (exact) mass is 676 g/mol. The van der Waals surface area contributed by atoms with Crippen LogP contribution in [0.3, 0.4) is 0 Å². The third kappa shape index (κ3) is 5.97. The molecule has 0 aliphatic rings. The van der Waals surface area contributed by atoms with E-state index in [-0.39, 0.29) is 19.2 Å². The highest BCUT2D eigenvalue weighted by atomic mass is 127. The largest absolute Gasteiger partial charge is 0.506 e. The summed E-state index contributed by atoms with van der Waals surface area (Å²) in [5.41, 5.74) is 0.0288. The molecule has 4 N–H and O–H groups in total. The molecule has 0 saturated carbocycles. The number of anilines is 1. The molecule has 15 heteroatoms. The Bertz CT molecular complexity index is 1860. The number of rotatable bonds is 7. The van der Waals surface area contributed by atoms with Gasteiger partial charge in [0, 0.05) is 26.4 Å². The second-order valence-electron chi connectivity index (χ2n) is 7.48. The number of hydrogen-bond donors (Lipinski definition) is 4. The topological polar surface area (TPSA) is 187 Å². The Hall–Kier alpha value is -2.96. The summed E-state index contributed by atoms with van der Waals surface area (Å²) >= 11 is -1.67. The fraction of sp³-hybridized carbons (Fsp3) is 0. The van der Waals surface area contributed by atoms with Gasteiger partial charge in [-0.3, -0.25) is 13.8 Å². The summed E-state index contributed by atoms with van der Waals surface area (Å²) in [7, 11) is -14.1. The van der Waals surface area contributed by atoms with Gasteiger partial charge in [0.05, 0.1) is 24.7 Å². The molecule has 194 valence electrons. The average molecular weight is 676 g/mol. The molecule has 0 aliphatic carbocycles. The van der Waals surface area contributed by atoms with Crippen LogP contribution in [0.15, 0.2) is 96.7 Å². The summed E-state index contributed by atoms with van der Waals surface area (Å²) in [5, 5.41) is 10.6. The minimum absolute atomic E-state index is 0.179. The van der Waals surface area contributed by atoms with E-state index in [1.54, 1.807) is 36.4 Å². The zero-order chi connectivity index (χ0) is 27.0. The number of phenolic OH excluding ortho intramolecular Hbond substituents is 1. The molecule has 0 aromatic heterocycles. The number of halogens is 1. The second-order valence-corrected chi connectivity index (χ2v) is 14.0. The molecule has 4 aromatic carbocycles. The Morgan fingerprint density at radius 3 is 1.89 bits per heavy atom. The lowest BCUT2D eigenvalue weighted by Gasteiger charge is -2.16. The van der Waals surface area contributed by atoms with Gasteiger partial charge in [-0.15, -0.1) is 0 Å². The van der Waals surface area contributed by atoms with Crippen molar-refractivity contribution in [1.82, 2.24) is 0 Å². The molecule has 4 aromatic rings. The average Bonchev–Trinajstić information content (AvgIpc) is 2.83. The molecule has 0 fully saturated rings. The SMILES string of the molecule is O=S(=O)(O)c1cc(NS(=O)(=O)c2ccccc2)c2c(O)c(I=Nc3ccccc3)c(S(=O)(=O)O)cc2c1. The molecule has 4 rings (SSSR count). The van der Waals surface area contributed by atoms with Crippen molar-refractivity contribution >= 4 is 73.4 Å². The van der Waals surface area contributed by atoms with Gasteiger partial charge in [0.15, 0.2) is 0 Å². The first-order valence-corrected chi connectivity index (χ1v) is 16.4. The molecule has 0 aliphatic heterocycles. The lowest BCUT2D eigenvalue weighted by atomic mass is 10.1. The number of phenols is 1. The first-order valence-electron chi connectivity index (χ1n) is 10.0. The summed E-state index contributed by atoms with van der Waals surface area (Å²) in [5.74, 6) is -0.717. The van der Waals surface area contributed by atoms with Gasteiger partial charge in [-0.2, -0.15) is 16.8 Å². The van der Waals surface area contributed by atoms with E-state index >= 15 is 0 Å². The standard InChI is InChI=1S/C22H17IN2O9S3/c26-22-20-14(12-19(37(32,33)34)21(22)23-24-15-7-3-1-4-8-15)11-17(36(29,30)31)13-18(20)25-35(27,28)16-9-5-2-6-10-16/h1-13,25-26H,(H,29,30,31)(H,32,33,34). The molecule has 0 radical (unpaired) electrons. The van der Waals surface area contributed by atoms with E-state index in [1.807, 2.05) is 0 Å². The van der Waals surface area contributed by atoms with Crippen molar-refractivity contribution in [1.29, 1.82) is 0 Å². The molecule has 37 heavy (non-hydrogen) atoms. The number of benzene rings is 4. The van der Waals surface area contributed by atoms with Crippen LogP contribution in [-0.4, -0.2) is 39.5 Å². The van der Waals surface area contributed by atoms with Crippen molar-refractivity contribution in [3.8, 4) is 5.75 Å². The van der Waals surface area contributed by atoms with Crippen LogP contribution in [0.5, 0.6) is 5.75 Å². The van der Waals surface area contributed by atoms with E-state index in [0.717, 1.165) is 18.2 Å². The Balaban J connectivity index is 2.05. The van der Waals surface area contributed by atoms with Crippen molar-refractivity contribution in [3.63, 3.8) is 0 Å². The number of fused-ring (bicyclic) bond motifs is 1. The third-order valence-electron chi connectivity index (χ3n) is 4.94. The molecular formula is C22H17IN2O9S3. The van der Waals surface area contributed by atoms with E-state index in [0.29, 0.717) is 5.69 Å². The van der Waals surface area contributed by atoms with Gasteiger partial charge >= 0.3 is 0 Å². The van der Waals surface area contributed by atoms with Gasteiger partial charge in [0.1, 0.15) is 10.6 Å². The van der Waals surface area contributed by atoms with E-state index < -0.39 is 72.5 Å². The summed E-state index contributed by atoms with van der Waals surface area (Å²) in [4.78, 5) is -1.68. The highest BCUT2D eigenvalue weighted by molar-refractivity contribution is 14.2. The Morgan fingerprint density at radius 1 is 0.730 bits per heavy atom. The second kappa shape index (κ2) is 10.1. The molecule has 11 nitrogen and oxygen atoms in total. The number of nitrogens with one attached hydrogen (secondary N) is 1. The zero-order valence-electron chi connectivity index (χ0n) is 18.3. The van der Waals surface area contributed by atoms with Crippen LogP contribution < -0.4 is 4.72 Å². The molecule has 0 unspecified atom stereocenters. The first kappa shape index (κ1) is 27.1. The maximum Gasteiger partial charge on any atom is 0.295 e. The van der Waals surface area contributed by atoms with Gasteiger partial charge in [-0.25, -0.2) is 11.6 Å². The van der Waals surface area contributed by atoms with Crippen LogP contribution in [0.4, 0.5) is 11.4 Å². The fourth-order valence-corrected chi connectivity index (χ4v) is 8.35. The highest BCUT2D eigenvalue weighted by Crippen LogP contribution is 2.43. The van der Waals surface area contributed by atoms with E-state index in [9.17, 15) is 39.5 Å².